The maximum absolute atomic E-state index is 5.76. The fraction of sp³-hybridized carbons (Fsp3) is 0.632. The van der Waals surface area contributed by atoms with Gasteiger partial charge >= 0.3 is 0 Å². The molecule has 0 bridgehead atoms. The third-order valence-electron chi connectivity index (χ3n) is 4.08. The van der Waals surface area contributed by atoms with Gasteiger partial charge in [0, 0.05) is 33.3 Å². The fourth-order valence-corrected chi connectivity index (χ4v) is 2.98. The van der Waals surface area contributed by atoms with E-state index in [0.717, 1.165) is 50.8 Å². The Bertz CT molecular complexity index is 523. The fourth-order valence-electron chi connectivity index (χ4n) is 2.98. The van der Waals surface area contributed by atoms with Crippen LogP contribution >= 0.6 is 0 Å². The van der Waals surface area contributed by atoms with Crippen molar-refractivity contribution in [2.24, 2.45) is 4.99 Å². The number of hydrogen-bond donors (Lipinski definition) is 1. The molecule has 1 fully saturated rings. The zero-order chi connectivity index (χ0) is 17.4. The van der Waals surface area contributed by atoms with Gasteiger partial charge in [-0.25, -0.2) is 0 Å². The van der Waals surface area contributed by atoms with Gasteiger partial charge in [0.15, 0.2) is 5.96 Å². The number of nitrogens with zero attached hydrogens (tertiary/aromatic N) is 2. The molecule has 1 aliphatic rings. The molecule has 1 aromatic carbocycles. The van der Waals surface area contributed by atoms with Crippen LogP contribution in [-0.4, -0.2) is 49.8 Å². The molecular weight excluding hydrogens is 302 g/mol. The Morgan fingerprint density at radius 2 is 2.08 bits per heavy atom. The lowest BCUT2D eigenvalue weighted by Gasteiger charge is -2.34. The first-order valence-corrected chi connectivity index (χ1v) is 8.95. The maximum atomic E-state index is 5.76. The zero-order valence-corrected chi connectivity index (χ0v) is 15.4. The summed E-state index contributed by atoms with van der Waals surface area (Å²) in [6.07, 6.45) is 2.71. The summed E-state index contributed by atoms with van der Waals surface area (Å²) in [6, 6.07) is 8.22. The number of ether oxygens (including phenoxy) is 2. The van der Waals surface area contributed by atoms with Crippen molar-refractivity contribution in [2.75, 3.05) is 26.7 Å². The van der Waals surface area contributed by atoms with Crippen molar-refractivity contribution in [1.82, 2.24) is 10.2 Å². The van der Waals surface area contributed by atoms with Crippen molar-refractivity contribution in [3.05, 3.63) is 29.8 Å². The third-order valence-corrected chi connectivity index (χ3v) is 4.08. The molecule has 0 spiro atoms. The second-order valence-corrected chi connectivity index (χ2v) is 6.36. The minimum atomic E-state index is 0.188. The third kappa shape index (κ3) is 5.71. The summed E-state index contributed by atoms with van der Waals surface area (Å²) in [6.45, 7) is 9.66. The van der Waals surface area contributed by atoms with E-state index in [1.807, 2.05) is 33.0 Å². The molecule has 24 heavy (non-hydrogen) atoms. The summed E-state index contributed by atoms with van der Waals surface area (Å²) in [5, 5.41) is 3.46. The molecular formula is C19H31N3O2. The summed E-state index contributed by atoms with van der Waals surface area (Å²) in [5.41, 5.74) is 1.19. The Hall–Kier alpha value is -1.75. The van der Waals surface area contributed by atoms with Crippen LogP contribution < -0.4 is 10.1 Å². The summed E-state index contributed by atoms with van der Waals surface area (Å²) in [7, 11) is 1.84. The van der Waals surface area contributed by atoms with E-state index in [1.165, 1.54) is 5.56 Å². The van der Waals surface area contributed by atoms with E-state index in [4.69, 9.17) is 9.47 Å². The monoisotopic (exact) mass is 333 g/mol. The molecule has 0 aliphatic carbocycles. The Balaban J connectivity index is 1.86. The molecule has 0 atom stereocenters. The van der Waals surface area contributed by atoms with Crippen molar-refractivity contribution < 1.29 is 9.47 Å². The van der Waals surface area contributed by atoms with Gasteiger partial charge in [-0.1, -0.05) is 12.1 Å². The van der Waals surface area contributed by atoms with Crippen LogP contribution in [0.1, 0.15) is 39.2 Å². The second-order valence-electron chi connectivity index (χ2n) is 6.36. The topological polar surface area (TPSA) is 46.1 Å². The van der Waals surface area contributed by atoms with Gasteiger partial charge in [-0.15, -0.1) is 0 Å². The van der Waals surface area contributed by atoms with Crippen LogP contribution in [0.25, 0.3) is 0 Å². The highest BCUT2D eigenvalue weighted by Gasteiger charge is 2.21. The van der Waals surface area contributed by atoms with E-state index in [-0.39, 0.29) is 6.10 Å². The van der Waals surface area contributed by atoms with Crippen molar-refractivity contribution in [3.63, 3.8) is 0 Å². The summed E-state index contributed by atoms with van der Waals surface area (Å²) < 4.78 is 11.5. The number of guanidine groups is 1. The minimum absolute atomic E-state index is 0.188. The number of nitrogens with one attached hydrogen (secondary N) is 1. The molecule has 1 aliphatic heterocycles. The second kappa shape index (κ2) is 9.52. The van der Waals surface area contributed by atoms with E-state index in [1.54, 1.807) is 0 Å². The molecule has 0 aromatic heterocycles. The number of hydrogen-bond acceptors (Lipinski definition) is 3. The number of rotatable bonds is 6. The van der Waals surface area contributed by atoms with Crippen LogP contribution in [0, 0.1) is 0 Å². The molecule has 1 N–H and O–H groups in total. The quantitative estimate of drug-likeness (QED) is 0.642. The van der Waals surface area contributed by atoms with E-state index < -0.39 is 0 Å². The van der Waals surface area contributed by atoms with E-state index in [9.17, 15) is 0 Å². The molecule has 1 aromatic rings. The van der Waals surface area contributed by atoms with Crippen molar-refractivity contribution in [1.29, 1.82) is 0 Å². The lowest BCUT2D eigenvalue weighted by atomic mass is 10.1. The molecule has 5 nitrogen and oxygen atoms in total. The van der Waals surface area contributed by atoms with Crippen molar-refractivity contribution >= 4 is 5.96 Å². The standard InChI is InChI=1S/C19H31N3O2/c1-5-23-17-9-11-22(12-10-17)19(20-4)21-14-16-7-6-8-18(13-16)24-15(2)3/h6-8,13,15,17H,5,9-12,14H2,1-4H3,(H,20,21). The highest BCUT2D eigenvalue weighted by molar-refractivity contribution is 5.80. The average molecular weight is 333 g/mol. The molecule has 1 saturated heterocycles. The van der Waals surface area contributed by atoms with Crippen LogP contribution in [0.5, 0.6) is 5.75 Å². The summed E-state index contributed by atoms with van der Waals surface area (Å²) >= 11 is 0. The van der Waals surface area contributed by atoms with Gasteiger partial charge in [-0.05, 0) is 51.3 Å². The molecule has 5 heteroatoms. The first-order valence-electron chi connectivity index (χ1n) is 8.95. The van der Waals surface area contributed by atoms with Crippen molar-refractivity contribution in [2.45, 2.75) is 52.4 Å². The van der Waals surface area contributed by atoms with Crippen LogP contribution in [0.2, 0.25) is 0 Å². The van der Waals surface area contributed by atoms with Gasteiger partial charge in [0.25, 0.3) is 0 Å². The molecule has 1 heterocycles. The normalized spacial score (nSPS) is 16.5. The van der Waals surface area contributed by atoms with Crippen LogP contribution in [0.4, 0.5) is 0 Å². The lowest BCUT2D eigenvalue weighted by molar-refractivity contribution is 0.0263. The van der Waals surface area contributed by atoms with Gasteiger partial charge in [0.2, 0.25) is 0 Å². The Labute approximate surface area is 146 Å². The predicted octanol–water partition coefficient (Wildman–Crippen LogP) is 3.05. The number of likely N-dealkylation sites (tertiary alicyclic amines) is 1. The summed E-state index contributed by atoms with van der Waals surface area (Å²) in [5.74, 6) is 1.87. The maximum Gasteiger partial charge on any atom is 0.193 e. The van der Waals surface area contributed by atoms with E-state index in [2.05, 4.69) is 34.3 Å². The first-order chi connectivity index (χ1) is 11.6. The molecule has 134 valence electrons. The molecule has 0 amide bonds. The molecule has 0 unspecified atom stereocenters. The van der Waals surface area contributed by atoms with E-state index in [0.29, 0.717) is 6.10 Å². The van der Waals surface area contributed by atoms with Crippen molar-refractivity contribution in [3.8, 4) is 5.75 Å². The number of aliphatic imine (C=N–C) groups is 1. The minimum Gasteiger partial charge on any atom is -0.491 e. The molecule has 0 saturated carbocycles. The Kier molecular flexibility index (Phi) is 7.37. The van der Waals surface area contributed by atoms with Crippen LogP contribution in [0.3, 0.4) is 0 Å². The van der Waals surface area contributed by atoms with Crippen LogP contribution in [-0.2, 0) is 11.3 Å². The molecule has 0 radical (unpaired) electrons. The van der Waals surface area contributed by atoms with Gasteiger partial charge < -0.3 is 19.7 Å². The van der Waals surface area contributed by atoms with Gasteiger partial charge in [-0.3, -0.25) is 4.99 Å². The SMILES string of the molecule is CCOC1CCN(C(=NC)NCc2cccc(OC(C)C)c2)CC1. The van der Waals surface area contributed by atoms with Gasteiger partial charge in [-0.2, -0.15) is 0 Å². The van der Waals surface area contributed by atoms with Crippen LogP contribution in [0.15, 0.2) is 29.3 Å². The lowest BCUT2D eigenvalue weighted by Crippen LogP contribution is -2.46. The average Bonchev–Trinajstić information content (AvgIpc) is 2.57. The smallest absolute Gasteiger partial charge is 0.193 e. The number of piperidine rings is 1. The Morgan fingerprint density at radius 3 is 2.71 bits per heavy atom. The summed E-state index contributed by atoms with van der Waals surface area (Å²) in [4.78, 5) is 6.74. The molecule has 2 rings (SSSR count). The first kappa shape index (κ1) is 18.6. The zero-order valence-electron chi connectivity index (χ0n) is 15.4. The highest BCUT2D eigenvalue weighted by Crippen LogP contribution is 2.16. The van der Waals surface area contributed by atoms with Gasteiger partial charge in [0.05, 0.1) is 12.2 Å². The largest absolute Gasteiger partial charge is 0.491 e. The van der Waals surface area contributed by atoms with Gasteiger partial charge in [0.1, 0.15) is 5.75 Å². The Morgan fingerprint density at radius 1 is 1.33 bits per heavy atom. The number of benzene rings is 1. The highest BCUT2D eigenvalue weighted by atomic mass is 16.5. The van der Waals surface area contributed by atoms with E-state index >= 15 is 0 Å². The predicted molar refractivity (Wildman–Crippen MR) is 98.6 cm³/mol.